The number of fused-ring (bicyclic) bond motifs is 1. The molecule has 0 bridgehead atoms. The largest absolute Gasteiger partial charge is 0.479 e. The topological polar surface area (TPSA) is 73.6 Å². The second-order valence-corrected chi connectivity index (χ2v) is 10.6. The van der Waals surface area contributed by atoms with Crippen LogP contribution in [0.25, 0.3) is 22.2 Å². The number of rotatable bonds is 7. The van der Waals surface area contributed by atoms with Gasteiger partial charge in [0, 0.05) is 45.4 Å². The highest BCUT2D eigenvalue weighted by Crippen LogP contribution is 2.42. The average molecular weight is 485 g/mol. The first-order chi connectivity index (χ1) is 16.0. The van der Waals surface area contributed by atoms with Gasteiger partial charge in [-0.3, -0.25) is 0 Å². The van der Waals surface area contributed by atoms with Gasteiger partial charge in [-0.1, -0.05) is 23.7 Å². The first-order valence-corrected chi connectivity index (χ1v) is 12.1. The van der Waals surface area contributed by atoms with Crippen molar-refractivity contribution in [1.29, 1.82) is 0 Å². The lowest BCUT2D eigenvalue weighted by Crippen LogP contribution is -2.29. The molecule has 1 aliphatic rings. The van der Waals surface area contributed by atoms with Gasteiger partial charge in [0.15, 0.2) is 6.10 Å². The molecule has 7 heteroatoms. The fraction of sp³-hybridized carbons (Fsp3) is 0.481. The molecule has 1 aromatic carbocycles. The Kier molecular flexibility index (Phi) is 6.78. The molecule has 4 rings (SSSR count). The van der Waals surface area contributed by atoms with Gasteiger partial charge in [-0.25, -0.2) is 9.78 Å². The number of ether oxygens (including phenoxy) is 2. The fourth-order valence-electron chi connectivity index (χ4n) is 4.66. The molecular formula is C27H33ClN2O4. The van der Waals surface area contributed by atoms with E-state index in [9.17, 15) is 9.90 Å². The number of carboxylic acids is 1. The van der Waals surface area contributed by atoms with Gasteiger partial charge in [0.25, 0.3) is 0 Å². The van der Waals surface area contributed by atoms with Gasteiger partial charge in [0.2, 0.25) is 0 Å². The van der Waals surface area contributed by atoms with Crippen molar-refractivity contribution in [1.82, 2.24) is 9.55 Å². The SMILES string of the molecule is Cc1nc2c(c(C)c(C)n2CCC2COC2)c(-c2ccc(Cl)cc2)c1[C@H](OC(C)(C)C)C(=O)O. The Labute approximate surface area is 205 Å². The van der Waals surface area contributed by atoms with E-state index in [2.05, 4.69) is 18.4 Å². The lowest BCUT2D eigenvalue weighted by molar-refractivity contribution is -0.160. The van der Waals surface area contributed by atoms with Crippen molar-refractivity contribution in [3.05, 3.63) is 51.8 Å². The first kappa shape index (κ1) is 24.7. The maximum Gasteiger partial charge on any atom is 0.337 e. The summed E-state index contributed by atoms with van der Waals surface area (Å²) in [6, 6.07) is 7.54. The number of carboxylic acid groups (broad SMARTS) is 1. The van der Waals surface area contributed by atoms with E-state index in [0.717, 1.165) is 59.6 Å². The summed E-state index contributed by atoms with van der Waals surface area (Å²) in [5.74, 6) is -0.460. The minimum atomic E-state index is -1.15. The number of hydrogen-bond acceptors (Lipinski definition) is 4. The summed E-state index contributed by atoms with van der Waals surface area (Å²) in [4.78, 5) is 17.5. The zero-order chi connectivity index (χ0) is 24.8. The van der Waals surface area contributed by atoms with Crippen LogP contribution in [0.3, 0.4) is 0 Å². The zero-order valence-corrected chi connectivity index (χ0v) is 21.5. The maximum atomic E-state index is 12.5. The molecule has 0 aliphatic carbocycles. The molecule has 0 amide bonds. The van der Waals surface area contributed by atoms with Crippen LogP contribution in [0.15, 0.2) is 24.3 Å². The van der Waals surface area contributed by atoms with Crippen LogP contribution in [0, 0.1) is 26.7 Å². The van der Waals surface area contributed by atoms with Crippen LogP contribution in [-0.2, 0) is 20.8 Å². The first-order valence-electron chi connectivity index (χ1n) is 11.7. The summed E-state index contributed by atoms with van der Waals surface area (Å²) in [6.45, 7) is 14.1. The third kappa shape index (κ3) is 4.72. The van der Waals surface area contributed by atoms with Gasteiger partial charge < -0.3 is 19.1 Å². The molecule has 3 aromatic rings. The van der Waals surface area contributed by atoms with E-state index in [1.807, 2.05) is 52.0 Å². The van der Waals surface area contributed by atoms with Gasteiger partial charge >= 0.3 is 5.97 Å². The smallest absolute Gasteiger partial charge is 0.337 e. The molecule has 0 spiro atoms. The number of aromatic nitrogens is 2. The number of carbonyl (C=O) groups is 1. The van der Waals surface area contributed by atoms with E-state index in [-0.39, 0.29) is 0 Å². The molecule has 0 unspecified atom stereocenters. The van der Waals surface area contributed by atoms with Gasteiger partial charge in [0.05, 0.1) is 18.8 Å². The molecule has 1 fully saturated rings. The highest BCUT2D eigenvalue weighted by Gasteiger charge is 2.33. The van der Waals surface area contributed by atoms with Gasteiger partial charge in [-0.15, -0.1) is 0 Å². The Morgan fingerprint density at radius 1 is 1.24 bits per heavy atom. The zero-order valence-electron chi connectivity index (χ0n) is 20.7. The predicted molar refractivity (Wildman–Crippen MR) is 135 cm³/mol. The van der Waals surface area contributed by atoms with E-state index in [1.54, 1.807) is 0 Å². The summed E-state index contributed by atoms with van der Waals surface area (Å²) in [5.41, 5.74) is 5.44. The molecular weight excluding hydrogens is 452 g/mol. The molecule has 0 saturated carbocycles. The van der Waals surface area contributed by atoms with Crippen LogP contribution >= 0.6 is 11.6 Å². The van der Waals surface area contributed by atoms with Crippen molar-refractivity contribution < 1.29 is 19.4 Å². The van der Waals surface area contributed by atoms with Crippen LogP contribution in [-0.4, -0.2) is 39.4 Å². The van der Waals surface area contributed by atoms with Crippen LogP contribution < -0.4 is 0 Å². The Hall–Kier alpha value is -2.41. The second-order valence-electron chi connectivity index (χ2n) is 10.2. The maximum absolute atomic E-state index is 12.5. The Bertz CT molecular complexity index is 1220. The number of aliphatic carboxylic acids is 1. The van der Waals surface area contributed by atoms with Crippen LogP contribution in [0.1, 0.15) is 55.8 Å². The highest BCUT2D eigenvalue weighted by atomic mass is 35.5. The quantitative estimate of drug-likeness (QED) is 0.428. The molecule has 182 valence electrons. The second kappa shape index (κ2) is 9.33. The number of pyridine rings is 1. The average Bonchev–Trinajstić information content (AvgIpc) is 2.94. The highest BCUT2D eigenvalue weighted by molar-refractivity contribution is 6.30. The van der Waals surface area contributed by atoms with Crippen molar-refractivity contribution in [2.45, 2.75) is 66.2 Å². The van der Waals surface area contributed by atoms with Crippen molar-refractivity contribution in [3.8, 4) is 11.1 Å². The molecule has 3 heterocycles. The molecule has 1 atom stereocenters. The number of hydrogen-bond donors (Lipinski definition) is 1. The minimum Gasteiger partial charge on any atom is -0.479 e. The van der Waals surface area contributed by atoms with E-state index in [0.29, 0.717) is 22.2 Å². The lowest BCUT2D eigenvalue weighted by atomic mass is 9.91. The number of benzene rings is 1. The van der Waals surface area contributed by atoms with Crippen LogP contribution in [0.5, 0.6) is 0 Å². The standard InChI is InChI=1S/C27H33ClN2O4/c1-15-17(3)30(12-11-18-13-33-14-18)25-21(15)23(19-7-9-20(28)10-8-19)22(16(2)29-25)24(26(31)32)34-27(4,5)6/h7-10,18,24H,11-14H2,1-6H3,(H,31,32)/t24-/m0/s1. The molecule has 1 N–H and O–H groups in total. The van der Waals surface area contributed by atoms with Crippen molar-refractivity contribution >= 4 is 28.6 Å². The monoisotopic (exact) mass is 484 g/mol. The summed E-state index contributed by atoms with van der Waals surface area (Å²) in [6.07, 6.45) is -0.133. The fourth-order valence-corrected chi connectivity index (χ4v) is 4.78. The van der Waals surface area contributed by atoms with Crippen molar-refractivity contribution in [2.24, 2.45) is 5.92 Å². The molecule has 0 radical (unpaired) electrons. The molecule has 6 nitrogen and oxygen atoms in total. The van der Waals surface area contributed by atoms with Crippen molar-refractivity contribution in [2.75, 3.05) is 13.2 Å². The molecule has 2 aromatic heterocycles. The van der Waals surface area contributed by atoms with Gasteiger partial charge in [-0.2, -0.15) is 0 Å². The molecule has 1 aliphatic heterocycles. The summed E-state index contributed by atoms with van der Waals surface area (Å²) in [7, 11) is 0. The number of aryl methyl sites for hydroxylation is 3. The molecule has 1 saturated heterocycles. The van der Waals surface area contributed by atoms with E-state index in [1.165, 1.54) is 0 Å². The third-order valence-electron chi connectivity index (χ3n) is 6.54. The number of halogens is 1. The van der Waals surface area contributed by atoms with E-state index in [4.69, 9.17) is 26.1 Å². The van der Waals surface area contributed by atoms with Crippen molar-refractivity contribution in [3.63, 3.8) is 0 Å². The normalized spacial score (nSPS) is 15.5. The minimum absolute atomic E-state index is 0.574. The Balaban J connectivity index is 2.00. The third-order valence-corrected chi connectivity index (χ3v) is 6.80. The van der Waals surface area contributed by atoms with Gasteiger partial charge in [0.1, 0.15) is 5.65 Å². The van der Waals surface area contributed by atoms with Crippen LogP contribution in [0.2, 0.25) is 5.02 Å². The Morgan fingerprint density at radius 2 is 1.88 bits per heavy atom. The van der Waals surface area contributed by atoms with Gasteiger partial charge in [-0.05, 0) is 71.2 Å². The Morgan fingerprint density at radius 3 is 2.41 bits per heavy atom. The molecule has 34 heavy (non-hydrogen) atoms. The summed E-state index contributed by atoms with van der Waals surface area (Å²) < 4.78 is 13.7. The summed E-state index contributed by atoms with van der Waals surface area (Å²) >= 11 is 6.19. The summed E-state index contributed by atoms with van der Waals surface area (Å²) in [5, 5.41) is 11.8. The predicted octanol–water partition coefficient (Wildman–Crippen LogP) is 6.26. The lowest BCUT2D eigenvalue weighted by Gasteiger charge is -2.28. The van der Waals surface area contributed by atoms with Crippen LogP contribution in [0.4, 0.5) is 0 Å². The number of nitrogens with zero attached hydrogens (tertiary/aromatic N) is 2. The van der Waals surface area contributed by atoms with E-state index < -0.39 is 17.7 Å². The van der Waals surface area contributed by atoms with E-state index >= 15 is 0 Å².